The largest absolute Gasteiger partial charge is 0.573 e. The van der Waals surface area contributed by atoms with E-state index in [1.54, 1.807) is 6.07 Å². The van der Waals surface area contributed by atoms with Gasteiger partial charge in [0.05, 0.1) is 0 Å². The summed E-state index contributed by atoms with van der Waals surface area (Å²) < 4.78 is 69.4. The molecule has 0 aromatic heterocycles. The lowest BCUT2D eigenvalue weighted by Gasteiger charge is -2.13. The number of rotatable bonds is 5. The second-order valence-corrected chi connectivity index (χ2v) is 7.51. The monoisotopic (exact) mass is 442 g/mol. The molecule has 4 aromatic rings. The van der Waals surface area contributed by atoms with Crippen LogP contribution in [-0.2, 0) is 6.42 Å². The topological polar surface area (TPSA) is 9.23 Å². The summed E-state index contributed by atoms with van der Waals surface area (Å²) in [6.45, 7) is 2.14. The van der Waals surface area contributed by atoms with Crippen LogP contribution in [0.15, 0.2) is 72.8 Å². The first-order chi connectivity index (χ1) is 15.2. The maximum Gasteiger partial charge on any atom is 0.573 e. The van der Waals surface area contributed by atoms with E-state index in [2.05, 4.69) is 35.9 Å². The van der Waals surface area contributed by atoms with Gasteiger partial charge in [0, 0.05) is 5.39 Å². The van der Waals surface area contributed by atoms with Crippen LogP contribution in [0.25, 0.3) is 33.0 Å². The first-order valence-electron chi connectivity index (χ1n) is 10.1. The molecule has 0 saturated carbocycles. The Hall–Kier alpha value is -3.41. The molecule has 164 valence electrons. The van der Waals surface area contributed by atoms with E-state index in [9.17, 15) is 22.0 Å². The van der Waals surface area contributed by atoms with Crippen molar-refractivity contribution in [3.63, 3.8) is 0 Å². The van der Waals surface area contributed by atoms with Crippen molar-refractivity contribution in [2.75, 3.05) is 0 Å². The quantitative estimate of drug-likeness (QED) is 0.283. The van der Waals surface area contributed by atoms with Gasteiger partial charge in [0.15, 0.2) is 11.6 Å². The number of alkyl halides is 3. The fourth-order valence-electron chi connectivity index (χ4n) is 3.71. The summed E-state index contributed by atoms with van der Waals surface area (Å²) in [5.41, 5.74) is 4.90. The molecular weight excluding hydrogens is 423 g/mol. The lowest BCUT2D eigenvalue weighted by atomic mass is 9.97. The van der Waals surface area contributed by atoms with E-state index >= 15 is 0 Å². The van der Waals surface area contributed by atoms with Crippen LogP contribution in [0.4, 0.5) is 22.0 Å². The number of fused-ring (bicyclic) bond motifs is 1. The van der Waals surface area contributed by atoms with Crippen molar-refractivity contribution >= 4 is 10.8 Å². The minimum Gasteiger partial charge on any atom is -0.399 e. The molecule has 1 nitrogen and oxygen atoms in total. The van der Waals surface area contributed by atoms with Gasteiger partial charge < -0.3 is 4.74 Å². The van der Waals surface area contributed by atoms with Gasteiger partial charge >= 0.3 is 6.36 Å². The van der Waals surface area contributed by atoms with Crippen molar-refractivity contribution in [3.8, 4) is 28.0 Å². The van der Waals surface area contributed by atoms with E-state index in [1.807, 2.05) is 24.3 Å². The average molecular weight is 442 g/mol. The molecule has 6 heteroatoms. The lowest BCUT2D eigenvalue weighted by molar-refractivity contribution is -0.276. The molecule has 0 heterocycles. The number of hydrogen-bond acceptors (Lipinski definition) is 1. The summed E-state index contributed by atoms with van der Waals surface area (Å²) in [4.78, 5) is 0. The lowest BCUT2D eigenvalue weighted by Crippen LogP contribution is -2.19. The van der Waals surface area contributed by atoms with Crippen LogP contribution in [0.2, 0.25) is 0 Å². The molecule has 0 aliphatic heterocycles. The molecule has 0 N–H and O–H groups in total. The van der Waals surface area contributed by atoms with E-state index < -0.39 is 23.7 Å². The van der Waals surface area contributed by atoms with Gasteiger partial charge in [-0.05, 0) is 51.8 Å². The Morgan fingerprint density at radius 2 is 1.25 bits per heavy atom. The summed E-state index contributed by atoms with van der Waals surface area (Å²) >= 11 is 0. The standard InChI is InChI=1S/C26H19F5O/c1-2-3-16-4-6-17(7-5-16)18-8-10-19(11-9-18)20-12-13-22-21(14-20)15-23(27)25(24(22)28)32-26(29,30)31/h4-15H,2-3H2,1H3. The third-order valence-corrected chi connectivity index (χ3v) is 5.25. The Kier molecular flexibility index (Phi) is 5.87. The predicted molar refractivity (Wildman–Crippen MR) is 115 cm³/mol. The Morgan fingerprint density at radius 3 is 1.81 bits per heavy atom. The van der Waals surface area contributed by atoms with Crippen LogP contribution in [0.3, 0.4) is 0 Å². The zero-order valence-corrected chi connectivity index (χ0v) is 17.1. The minimum atomic E-state index is -5.19. The van der Waals surface area contributed by atoms with Crippen LogP contribution in [0, 0.1) is 11.6 Å². The Labute approximate surface area is 182 Å². The molecule has 0 aliphatic rings. The normalized spacial score (nSPS) is 11.7. The van der Waals surface area contributed by atoms with Crippen LogP contribution in [0.1, 0.15) is 18.9 Å². The molecule has 0 saturated heterocycles. The summed E-state index contributed by atoms with van der Waals surface area (Å²) in [5.74, 6) is -4.25. The predicted octanol–water partition coefficient (Wildman–Crippen LogP) is 8.30. The highest BCUT2D eigenvalue weighted by molar-refractivity contribution is 5.89. The highest BCUT2D eigenvalue weighted by Gasteiger charge is 2.34. The van der Waals surface area contributed by atoms with E-state index in [0.717, 1.165) is 35.6 Å². The van der Waals surface area contributed by atoms with Crippen molar-refractivity contribution in [2.24, 2.45) is 0 Å². The Morgan fingerprint density at radius 1 is 0.719 bits per heavy atom. The van der Waals surface area contributed by atoms with Crippen molar-refractivity contribution in [1.29, 1.82) is 0 Å². The number of benzene rings is 4. The van der Waals surface area contributed by atoms with Crippen molar-refractivity contribution < 1.29 is 26.7 Å². The van der Waals surface area contributed by atoms with Gasteiger partial charge in [-0.15, -0.1) is 13.2 Å². The van der Waals surface area contributed by atoms with E-state index in [0.29, 0.717) is 5.56 Å². The highest BCUT2D eigenvalue weighted by atomic mass is 19.4. The van der Waals surface area contributed by atoms with Gasteiger partial charge in [-0.2, -0.15) is 0 Å². The number of ether oxygens (including phenoxy) is 1. The summed E-state index contributed by atoms with van der Waals surface area (Å²) in [6, 6.07) is 21.3. The van der Waals surface area contributed by atoms with Crippen molar-refractivity contribution in [2.45, 2.75) is 26.1 Å². The van der Waals surface area contributed by atoms with Gasteiger partial charge in [-0.1, -0.05) is 74.0 Å². The van der Waals surface area contributed by atoms with Crippen LogP contribution < -0.4 is 4.74 Å². The smallest absolute Gasteiger partial charge is 0.399 e. The Bertz CT molecular complexity index is 1240. The molecule has 0 unspecified atom stereocenters. The summed E-state index contributed by atoms with van der Waals surface area (Å²) in [5, 5.41) is -0.0131. The third-order valence-electron chi connectivity index (χ3n) is 5.25. The first kappa shape index (κ1) is 21.8. The fourth-order valence-corrected chi connectivity index (χ4v) is 3.71. The second kappa shape index (κ2) is 8.61. The van der Waals surface area contributed by atoms with E-state index in [1.165, 1.54) is 17.7 Å². The molecule has 0 atom stereocenters. The third kappa shape index (κ3) is 4.59. The molecule has 0 aliphatic carbocycles. The van der Waals surface area contributed by atoms with Crippen LogP contribution >= 0.6 is 0 Å². The molecule has 4 aromatic carbocycles. The molecule has 4 rings (SSSR count). The first-order valence-corrected chi connectivity index (χ1v) is 10.1. The number of halogens is 5. The van der Waals surface area contributed by atoms with Crippen molar-refractivity contribution in [1.82, 2.24) is 0 Å². The Balaban J connectivity index is 1.64. The maximum absolute atomic E-state index is 14.4. The van der Waals surface area contributed by atoms with Crippen LogP contribution in [0.5, 0.6) is 5.75 Å². The molecule has 0 radical (unpaired) electrons. The molecule has 0 fully saturated rings. The van der Waals surface area contributed by atoms with Crippen LogP contribution in [-0.4, -0.2) is 6.36 Å². The van der Waals surface area contributed by atoms with Crippen molar-refractivity contribution in [3.05, 3.63) is 90.0 Å². The zero-order valence-electron chi connectivity index (χ0n) is 17.1. The molecule has 0 spiro atoms. The van der Waals surface area contributed by atoms with Gasteiger partial charge in [0.25, 0.3) is 0 Å². The SMILES string of the molecule is CCCc1ccc(-c2ccc(-c3ccc4c(F)c(OC(F)(F)F)c(F)cc4c3)cc2)cc1. The maximum atomic E-state index is 14.4. The van der Waals surface area contributed by atoms with Gasteiger partial charge in [-0.3, -0.25) is 0 Å². The molecule has 0 amide bonds. The summed E-state index contributed by atoms with van der Waals surface area (Å²) in [7, 11) is 0. The number of aryl methyl sites for hydroxylation is 1. The molecule has 32 heavy (non-hydrogen) atoms. The van der Waals surface area contributed by atoms with Gasteiger partial charge in [0.2, 0.25) is 5.75 Å². The zero-order chi connectivity index (χ0) is 22.9. The average Bonchev–Trinajstić information content (AvgIpc) is 2.76. The minimum absolute atomic E-state index is 0.141. The molecular formula is C26H19F5O. The second-order valence-electron chi connectivity index (χ2n) is 7.51. The molecule has 0 bridgehead atoms. The van der Waals surface area contributed by atoms with E-state index in [-0.39, 0.29) is 10.8 Å². The van der Waals surface area contributed by atoms with E-state index in [4.69, 9.17) is 0 Å². The van der Waals surface area contributed by atoms with Gasteiger partial charge in [-0.25, -0.2) is 8.78 Å². The fraction of sp³-hybridized carbons (Fsp3) is 0.154. The summed E-state index contributed by atoms with van der Waals surface area (Å²) in [6.07, 6.45) is -3.07. The van der Waals surface area contributed by atoms with Gasteiger partial charge in [0.1, 0.15) is 0 Å². The number of hydrogen-bond donors (Lipinski definition) is 0. The highest BCUT2D eigenvalue weighted by Crippen LogP contribution is 2.35.